The molecule has 1 aliphatic rings. The van der Waals surface area contributed by atoms with E-state index in [1.807, 2.05) is 66.7 Å². The second-order valence-electron chi connectivity index (χ2n) is 6.72. The largest absolute Gasteiger partial charge is 0.368 e. The molecule has 0 atom stereocenters. The van der Waals surface area contributed by atoms with Gasteiger partial charge in [-0.15, -0.1) is 10.2 Å². The van der Waals surface area contributed by atoms with E-state index in [0.29, 0.717) is 0 Å². The minimum atomic E-state index is 0.101. The highest BCUT2D eigenvalue weighted by Gasteiger charge is 2.19. The molecular formula is C22H22N4O. The molecule has 2 aromatic carbocycles. The van der Waals surface area contributed by atoms with E-state index >= 15 is 0 Å². The fourth-order valence-corrected chi connectivity index (χ4v) is 3.36. The van der Waals surface area contributed by atoms with Gasteiger partial charge in [-0.25, -0.2) is 0 Å². The molecular weight excluding hydrogens is 336 g/mol. The normalized spacial score (nSPS) is 14.3. The van der Waals surface area contributed by atoms with Crippen LogP contribution in [0.3, 0.4) is 0 Å². The van der Waals surface area contributed by atoms with E-state index in [4.69, 9.17) is 0 Å². The fourth-order valence-electron chi connectivity index (χ4n) is 3.36. The lowest BCUT2D eigenvalue weighted by Crippen LogP contribution is -2.46. The third kappa shape index (κ3) is 3.82. The van der Waals surface area contributed by atoms with Crippen LogP contribution in [0.25, 0.3) is 11.3 Å². The van der Waals surface area contributed by atoms with Gasteiger partial charge in [0.05, 0.1) is 5.69 Å². The van der Waals surface area contributed by atoms with Crippen molar-refractivity contribution in [1.82, 2.24) is 10.2 Å². The Morgan fingerprint density at radius 2 is 1.44 bits per heavy atom. The van der Waals surface area contributed by atoms with Gasteiger partial charge >= 0.3 is 0 Å². The molecule has 136 valence electrons. The molecule has 5 nitrogen and oxygen atoms in total. The van der Waals surface area contributed by atoms with E-state index in [1.54, 1.807) is 6.92 Å². The molecule has 5 heteroatoms. The number of carbonyl (C=O) groups is 1. The standard InChI is InChI=1S/C22H22N4O/c1-17(27)18-7-9-20(10-8-18)25-13-15-26(16-14-25)22-12-11-21(23-24-22)19-5-3-2-4-6-19/h2-12H,13-16H2,1H3. The minimum absolute atomic E-state index is 0.101. The van der Waals surface area contributed by atoms with Crippen LogP contribution >= 0.6 is 0 Å². The Bertz CT molecular complexity index is 899. The van der Waals surface area contributed by atoms with Gasteiger partial charge in [-0.1, -0.05) is 30.3 Å². The first-order chi connectivity index (χ1) is 13.2. The molecule has 27 heavy (non-hydrogen) atoms. The number of nitrogens with zero attached hydrogens (tertiary/aromatic N) is 4. The molecule has 0 bridgehead atoms. The third-order valence-electron chi connectivity index (χ3n) is 4.96. The van der Waals surface area contributed by atoms with E-state index < -0.39 is 0 Å². The van der Waals surface area contributed by atoms with E-state index in [1.165, 1.54) is 0 Å². The van der Waals surface area contributed by atoms with Crippen molar-refractivity contribution in [3.63, 3.8) is 0 Å². The highest BCUT2D eigenvalue weighted by atomic mass is 16.1. The van der Waals surface area contributed by atoms with Gasteiger partial charge in [0.25, 0.3) is 0 Å². The Hall–Kier alpha value is -3.21. The molecule has 4 rings (SSSR count). The Kier molecular flexibility index (Phi) is 4.83. The number of ketones is 1. The summed E-state index contributed by atoms with van der Waals surface area (Å²) in [6.45, 7) is 5.22. The topological polar surface area (TPSA) is 49.3 Å². The van der Waals surface area contributed by atoms with Crippen molar-refractivity contribution in [3.05, 3.63) is 72.3 Å². The van der Waals surface area contributed by atoms with Crippen LogP contribution in [0.2, 0.25) is 0 Å². The summed E-state index contributed by atoms with van der Waals surface area (Å²) in [6, 6.07) is 22.0. The van der Waals surface area contributed by atoms with Crippen molar-refractivity contribution in [2.75, 3.05) is 36.0 Å². The maximum absolute atomic E-state index is 11.4. The summed E-state index contributed by atoms with van der Waals surface area (Å²) in [5.74, 6) is 1.02. The maximum Gasteiger partial charge on any atom is 0.159 e. The minimum Gasteiger partial charge on any atom is -0.368 e. The molecule has 0 saturated carbocycles. The van der Waals surface area contributed by atoms with Crippen LogP contribution < -0.4 is 9.80 Å². The molecule has 0 spiro atoms. The number of aromatic nitrogens is 2. The molecule has 0 unspecified atom stereocenters. The lowest BCUT2D eigenvalue weighted by molar-refractivity contribution is 0.101. The van der Waals surface area contributed by atoms with E-state index in [9.17, 15) is 4.79 Å². The summed E-state index contributed by atoms with van der Waals surface area (Å²) in [7, 11) is 0. The van der Waals surface area contributed by atoms with E-state index in [-0.39, 0.29) is 5.78 Å². The fraction of sp³-hybridized carbons (Fsp3) is 0.227. The molecule has 0 N–H and O–H groups in total. The van der Waals surface area contributed by atoms with Crippen LogP contribution in [-0.4, -0.2) is 42.2 Å². The van der Waals surface area contributed by atoms with Gasteiger partial charge < -0.3 is 9.80 Å². The predicted molar refractivity (Wildman–Crippen MR) is 108 cm³/mol. The van der Waals surface area contributed by atoms with Crippen LogP contribution in [0, 0.1) is 0 Å². The monoisotopic (exact) mass is 358 g/mol. The van der Waals surface area contributed by atoms with Gasteiger partial charge in [0.15, 0.2) is 11.6 Å². The van der Waals surface area contributed by atoms with Crippen LogP contribution in [0.5, 0.6) is 0 Å². The number of rotatable bonds is 4. The molecule has 1 fully saturated rings. The van der Waals surface area contributed by atoms with Gasteiger partial charge in [-0.2, -0.15) is 0 Å². The van der Waals surface area contributed by atoms with Crippen molar-refractivity contribution in [1.29, 1.82) is 0 Å². The molecule has 3 aromatic rings. The molecule has 1 aromatic heterocycles. The van der Waals surface area contributed by atoms with E-state index in [2.05, 4.69) is 20.0 Å². The molecule has 0 amide bonds. The Labute approximate surface area is 159 Å². The van der Waals surface area contributed by atoms with Crippen LogP contribution in [0.4, 0.5) is 11.5 Å². The number of benzene rings is 2. The summed E-state index contributed by atoms with van der Waals surface area (Å²) >= 11 is 0. The first kappa shape index (κ1) is 17.2. The summed E-state index contributed by atoms with van der Waals surface area (Å²) in [5, 5.41) is 8.82. The molecule has 1 saturated heterocycles. The van der Waals surface area contributed by atoms with Gasteiger partial charge in [-0.05, 0) is 43.3 Å². The Balaban J connectivity index is 1.39. The zero-order valence-electron chi connectivity index (χ0n) is 15.4. The second kappa shape index (κ2) is 7.58. The lowest BCUT2D eigenvalue weighted by atomic mass is 10.1. The number of hydrogen-bond donors (Lipinski definition) is 0. The Morgan fingerprint density at radius 3 is 2.04 bits per heavy atom. The van der Waals surface area contributed by atoms with Gasteiger partial charge in [-0.3, -0.25) is 4.79 Å². The van der Waals surface area contributed by atoms with Gasteiger partial charge in [0.1, 0.15) is 0 Å². The van der Waals surface area contributed by atoms with Crippen molar-refractivity contribution in [3.8, 4) is 11.3 Å². The van der Waals surface area contributed by atoms with Crippen molar-refractivity contribution in [2.45, 2.75) is 6.92 Å². The summed E-state index contributed by atoms with van der Waals surface area (Å²) in [6.07, 6.45) is 0. The number of carbonyl (C=O) groups excluding carboxylic acids is 1. The average Bonchev–Trinajstić information content (AvgIpc) is 2.75. The van der Waals surface area contributed by atoms with Crippen molar-refractivity contribution in [2.24, 2.45) is 0 Å². The first-order valence-electron chi connectivity index (χ1n) is 9.21. The number of piperazine rings is 1. The summed E-state index contributed by atoms with van der Waals surface area (Å²) < 4.78 is 0. The number of anilines is 2. The zero-order chi connectivity index (χ0) is 18.6. The Morgan fingerprint density at radius 1 is 0.778 bits per heavy atom. The SMILES string of the molecule is CC(=O)c1ccc(N2CCN(c3ccc(-c4ccccc4)nn3)CC2)cc1. The maximum atomic E-state index is 11.4. The summed E-state index contributed by atoms with van der Waals surface area (Å²) in [5.41, 5.74) is 3.88. The average molecular weight is 358 g/mol. The van der Waals surface area contributed by atoms with Gasteiger partial charge in [0, 0.05) is 43.0 Å². The number of hydrogen-bond acceptors (Lipinski definition) is 5. The third-order valence-corrected chi connectivity index (χ3v) is 4.96. The lowest BCUT2D eigenvalue weighted by Gasteiger charge is -2.36. The predicted octanol–water partition coefficient (Wildman–Crippen LogP) is 3.67. The molecule has 0 aliphatic carbocycles. The van der Waals surface area contributed by atoms with Crippen molar-refractivity contribution < 1.29 is 4.79 Å². The molecule has 1 aliphatic heterocycles. The van der Waals surface area contributed by atoms with Crippen molar-refractivity contribution >= 4 is 17.3 Å². The quantitative estimate of drug-likeness (QED) is 0.666. The van der Waals surface area contributed by atoms with E-state index in [0.717, 1.165) is 54.5 Å². The van der Waals surface area contributed by atoms with Crippen LogP contribution in [0.15, 0.2) is 66.7 Å². The highest BCUT2D eigenvalue weighted by molar-refractivity contribution is 5.94. The zero-order valence-corrected chi connectivity index (χ0v) is 15.4. The molecule has 0 radical (unpaired) electrons. The van der Waals surface area contributed by atoms with Crippen LogP contribution in [-0.2, 0) is 0 Å². The molecule has 2 heterocycles. The number of Topliss-reactive ketones (excluding diaryl/α,β-unsaturated/α-hetero) is 1. The summed E-state index contributed by atoms with van der Waals surface area (Å²) in [4.78, 5) is 16.0. The van der Waals surface area contributed by atoms with Crippen LogP contribution in [0.1, 0.15) is 17.3 Å². The highest BCUT2D eigenvalue weighted by Crippen LogP contribution is 2.21. The second-order valence-corrected chi connectivity index (χ2v) is 6.72. The smallest absolute Gasteiger partial charge is 0.159 e. The van der Waals surface area contributed by atoms with Gasteiger partial charge in [0.2, 0.25) is 0 Å². The first-order valence-corrected chi connectivity index (χ1v) is 9.21.